The zero-order valence-electron chi connectivity index (χ0n) is 12.5. The molecule has 0 spiro atoms. The Hall–Kier alpha value is -1.96. The van der Waals surface area contributed by atoms with Crippen molar-refractivity contribution in [3.8, 4) is 0 Å². The highest BCUT2D eigenvalue weighted by Crippen LogP contribution is 2.11. The molecule has 0 radical (unpaired) electrons. The highest BCUT2D eigenvalue weighted by Gasteiger charge is 2.26. The third-order valence-corrected chi connectivity index (χ3v) is 3.38. The van der Waals surface area contributed by atoms with Gasteiger partial charge in [0, 0.05) is 13.1 Å². The molecule has 21 heavy (non-hydrogen) atoms. The van der Waals surface area contributed by atoms with Crippen LogP contribution in [0, 0.1) is 5.92 Å². The van der Waals surface area contributed by atoms with Gasteiger partial charge in [-0.1, -0.05) is 19.1 Å². The van der Waals surface area contributed by atoms with Crippen LogP contribution in [0.5, 0.6) is 0 Å². The molecule has 0 unspecified atom stereocenters. The van der Waals surface area contributed by atoms with E-state index in [1.165, 1.54) is 7.11 Å². The molecule has 2 heterocycles. The lowest BCUT2D eigenvalue weighted by molar-refractivity contribution is -0.143. The number of nitrogens with zero attached hydrogens (tertiary/aromatic N) is 3. The topological polar surface area (TPSA) is 98.1 Å². The lowest BCUT2D eigenvalue weighted by Gasteiger charge is -2.26. The number of ether oxygens (including phenoxy) is 1. The Labute approximate surface area is 123 Å². The Morgan fingerprint density at radius 3 is 2.76 bits per heavy atom. The molecular weight excluding hydrogens is 274 g/mol. The Balaban J connectivity index is 2.00. The summed E-state index contributed by atoms with van der Waals surface area (Å²) in [5.74, 6) is -0.608. The summed E-state index contributed by atoms with van der Waals surface area (Å²) in [6.45, 7) is 5.59. The summed E-state index contributed by atoms with van der Waals surface area (Å²) in [6.07, 6.45) is 2.11. The lowest BCUT2D eigenvalue weighted by atomic mass is 10.0. The van der Waals surface area contributed by atoms with Gasteiger partial charge in [0.2, 0.25) is 0 Å². The van der Waals surface area contributed by atoms with E-state index >= 15 is 0 Å². The molecule has 1 fully saturated rings. The van der Waals surface area contributed by atoms with E-state index in [9.17, 15) is 9.59 Å². The van der Waals surface area contributed by atoms with Gasteiger partial charge in [-0.15, -0.1) is 5.10 Å². The summed E-state index contributed by atoms with van der Waals surface area (Å²) in [7, 11) is 1.31. The van der Waals surface area contributed by atoms with Crippen molar-refractivity contribution in [3.05, 3.63) is 11.9 Å². The fourth-order valence-corrected chi connectivity index (χ4v) is 2.08. The molecule has 1 aliphatic heterocycles. The predicted molar refractivity (Wildman–Crippen MR) is 74.7 cm³/mol. The second-order valence-corrected chi connectivity index (χ2v) is 5.57. The third-order valence-electron chi connectivity index (χ3n) is 3.38. The van der Waals surface area contributed by atoms with E-state index in [1.807, 2.05) is 13.8 Å². The van der Waals surface area contributed by atoms with Gasteiger partial charge in [0.15, 0.2) is 5.69 Å². The van der Waals surface area contributed by atoms with Gasteiger partial charge in [-0.3, -0.25) is 4.79 Å². The van der Waals surface area contributed by atoms with Crippen LogP contribution in [0.3, 0.4) is 0 Å². The van der Waals surface area contributed by atoms with Crippen molar-refractivity contribution in [3.63, 3.8) is 0 Å². The summed E-state index contributed by atoms with van der Waals surface area (Å²) in [4.78, 5) is 23.8. The number of carbonyl (C=O) groups excluding carboxylic acids is 2. The monoisotopic (exact) mass is 295 g/mol. The van der Waals surface area contributed by atoms with Gasteiger partial charge < -0.3 is 15.4 Å². The molecule has 1 saturated heterocycles. The van der Waals surface area contributed by atoms with Crippen molar-refractivity contribution >= 4 is 11.9 Å². The van der Waals surface area contributed by atoms with Crippen molar-refractivity contribution in [2.24, 2.45) is 5.92 Å². The SMILES string of the molecule is COC(=O)[C@H](CC(C)C)NC(=O)c1cn(C2CNC2)nn1. The number of esters is 1. The minimum atomic E-state index is -0.669. The summed E-state index contributed by atoms with van der Waals surface area (Å²) in [6, 6.07) is -0.427. The minimum Gasteiger partial charge on any atom is -0.467 e. The van der Waals surface area contributed by atoms with Crippen molar-refractivity contribution in [2.75, 3.05) is 20.2 Å². The van der Waals surface area contributed by atoms with Crippen molar-refractivity contribution < 1.29 is 14.3 Å². The third kappa shape index (κ3) is 3.78. The lowest BCUT2D eigenvalue weighted by Crippen LogP contribution is -2.43. The molecule has 0 aliphatic carbocycles. The number of hydrogen-bond acceptors (Lipinski definition) is 6. The number of methoxy groups -OCH3 is 1. The first kappa shape index (κ1) is 15.4. The molecule has 1 atom stereocenters. The molecule has 1 aromatic heterocycles. The summed E-state index contributed by atoms with van der Waals surface area (Å²) in [5, 5.41) is 13.6. The van der Waals surface area contributed by atoms with Crippen LogP contribution in [0.4, 0.5) is 0 Å². The van der Waals surface area contributed by atoms with E-state index in [2.05, 4.69) is 20.9 Å². The molecule has 2 N–H and O–H groups in total. The van der Waals surface area contributed by atoms with Gasteiger partial charge in [0.25, 0.3) is 5.91 Å². The molecule has 8 nitrogen and oxygen atoms in total. The Morgan fingerprint density at radius 2 is 2.24 bits per heavy atom. The Bertz CT molecular complexity index is 510. The van der Waals surface area contributed by atoms with Gasteiger partial charge >= 0.3 is 5.97 Å². The summed E-state index contributed by atoms with van der Waals surface area (Å²) < 4.78 is 6.38. The largest absolute Gasteiger partial charge is 0.467 e. The highest BCUT2D eigenvalue weighted by atomic mass is 16.5. The average Bonchev–Trinajstić information content (AvgIpc) is 2.83. The number of hydrogen-bond donors (Lipinski definition) is 2. The first-order valence-electron chi connectivity index (χ1n) is 7.02. The molecule has 1 aliphatic rings. The number of amides is 1. The van der Waals surface area contributed by atoms with Crippen LogP contribution in [-0.4, -0.2) is 53.1 Å². The van der Waals surface area contributed by atoms with E-state index in [1.54, 1.807) is 10.9 Å². The fourth-order valence-electron chi connectivity index (χ4n) is 2.08. The second kappa shape index (κ2) is 6.66. The number of rotatable bonds is 6. The van der Waals surface area contributed by atoms with E-state index in [4.69, 9.17) is 4.74 Å². The van der Waals surface area contributed by atoms with Crippen LogP contribution >= 0.6 is 0 Å². The van der Waals surface area contributed by atoms with Crippen molar-refractivity contribution in [1.29, 1.82) is 0 Å². The fraction of sp³-hybridized carbons (Fsp3) is 0.692. The molecule has 1 aromatic rings. The average molecular weight is 295 g/mol. The van der Waals surface area contributed by atoms with Crippen LogP contribution in [-0.2, 0) is 9.53 Å². The van der Waals surface area contributed by atoms with Crippen LogP contribution in [0.15, 0.2) is 6.20 Å². The van der Waals surface area contributed by atoms with E-state index in [-0.39, 0.29) is 17.7 Å². The first-order chi connectivity index (χ1) is 10.0. The Morgan fingerprint density at radius 1 is 1.52 bits per heavy atom. The quantitative estimate of drug-likeness (QED) is 0.702. The van der Waals surface area contributed by atoms with Crippen molar-refractivity contribution in [1.82, 2.24) is 25.6 Å². The first-order valence-corrected chi connectivity index (χ1v) is 7.02. The van der Waals surface area contributed by atoms with Gasteiger partial charge in [0.1, 0.15) is 6.04 Å². The van der Waals surface area contributed by atoms with Crippen molar-refractivity contribution in [2.45, 2.75) is 32.4 Å². The maximum Gasteiger partial charge on any atom is 0.328 e. The van der Waals surface area contributed by atoms with Crippen LogP contribution in [0.1, 0.15) is 36.8 Å². The number of carbonyl (C=O) groups is 2. The zero-order chi connectivity index (χ0) is 15.4. The molecule has 0 aromatic carbocycles. The van der Waals surface area contributed by atoms with E-state index < -0.39 is 17.9 Å². The maximum atomic E-state index is 12.1. The second-order valence-electron chi connectivity index (χ2n) is 5.57. The summed E-state index contributed by atoms with van der Waals surface area (Å²) in [5.41, 5.74) is 0.208. The standard InChI is InChI=1S/C13H21N5O3/c1-8(2)4-10(13(20)21-3)15-12(19)11-7-18(17-16-11)9-5-14-6-9/h7-10,14H,4-6H2,1-3H3,(H,15,19)/t10-/m0/s1. The van der Waals surface area contributed by atoms with Crippen LogP contribution < -0.4 is 10.6 Å². The normalized spacial score (nSPS) is 16.4. The van der Waals surface area contributed by atoms with Crippen LogP contribution in [0.25, 0.3) is 0 Å². The van der Waals surface area contributed by atoms with Gasteiger partial charge in [-0.25, -0.2) is 9.48 Å². The minimum absolute atomic E-state index is 0.208. The molecular formula is C13H21N5O3. The number of aromatic nitrogens is 3. The van der Waals surface area contributed by atoms with Gasteiger partial charge in [0.05, 0.1) is 19.3 Å². The molecule has 8 heteroatoms. The van der Waals surface area contributed by atoms with E-state index in [0.717, 1.165) is 13.1 Å². The maximum absolute atomic E-state index is 12.1. The molecule has 116 valence electrons. The molecule has 0 saturated carbocycles. The van der Waals surface area contributed by atoms with Crippen LogP contribution in [0.2, 0.25) is 0 Å². The zero-order valence-corrected chi connectivity index (χ0v) is 12.5. The Kier molecular flexibility index (Phi) is 4.89. The van der Waals surface area contributed by atoms with Gasteiger partial charge in [-0.2, -0.15) is 0 Å². The predicted octanol–water partition coefficient (Wildman–Crippen LogP) is -0.260. The highest BCUT2D eigenvalue weighted by molar-refractivity contribution is 5.94. The molecule has 2 rings (SSSR count). The summed E-state index contributed by atoms with van der Waals surface area (Å²) >= 11 is 0. The van der Waals surface area contributed by atoms with Gasteiger partial charge in [-0.05, 0) is 12.3 Å². The van der Waals surface area contributed by atoms with E-state index in [0.29, 0.717) is 6.42 Å². The number of nitrogens with one attached hydrogen (secondary N) is 2. The molecule has 1 amide bonds. The molecule has 0 bridgehead atoms. The smallest absolute Gasteiger partial charge is 0.328 e.